The minimum atomic E-state index is -0.291. The molecule has 0 spiro atoms. The van der Waals surface area contributed by atoms with Crippen LogP contribution >= 0.6 is 15.9 Å². The third kappa shape index (κ3) is 4.21. The molecule has 156 valence electrons. The van der Waals surface area contributed by atoms with E-state index in [2.05, 4.69) is 56.2 Å². The first-order valence-corrected chi connectivity index (χ1v) is 11.2. The quantitative estimate of drug-likeness (QED) is 0.368. The van der Waals surface area contributed by atoms with Crippen LogP contribution in [0.2, 0.25) is 0 Å². The third-order valence-electron chi connectivity index (χ3n) is 5.72. The summed E-state index contributed by atoms with van der Waals surface area (Å²) in [5, 5.41) is 2.35. The molecule has 4 aromatic rings. The zero-order chi connectivity index (χ0) is 21.2. The highest BCUT2D eigenvalue weighted by Gasteiger charge is 2.33. The number of aromatic amines is 1. The molecule has 1 atom stereocenters. The Kier molecular flexibility index (Phi) is 5.47. The van der Waals surface area contributed by atoms with Gasteiger partial charge in [0.1, 0.15) is 12.4 Å². The minimum absolute atomic E-state index is 0.0894. The highest BCUT2D eigenvalue weighted by atomic mass is 79.9. The maximum absolute atomic E-state index is 12.7. The molecule has 0 unspecified atom stereocenters. The van der Waals surface area contributed by atoms with Crippen LogP contribution in [0.1, 0.15) is 30.3 Å². The van der Waals surface area contributed by atoms with Gasteiger partial charge in [-0.2, -0.15) is 0 Å². The number of fused-ring (bicyclic) bond motifs is 1. The lowest BCUT2D eigenvalue weighted by molar-refractivity contribution is 0.0910. The summed E-state index contributed by atoms with van der Waals surface area (Å²) in [5.74, 6) is 0.806. The van der Waals surface area contributed by atoms with Crippen molar-refractivity contribution >= 4 is 32.8 Å². The van der Waals surface area contributed by atoms with Crippen molar-refractivity contribution in [2.75, 3.05) is 6.54 Å². The number of nitrogens with zero attached hydrogens (tertiary/aromatic N) is 2. The Bertz CT molecular complexity index is 1220. The normalized spacial score (nSPS) is 16.0. The molecule has 1 aliphatic rings. The summed E-state index contributed by atoms with van der Waals surface area (Å²) < 4.78 is 6.62. The molecule has 0 saturated carbocycles. The van der Waals surface area contributed by atoms with E-state index in [4.69, 9.17) is 4.74 Å². The number of likely N-dealkylation sites (tertiary alicyclic amines) is 1. The molecular formula is C25H22BrN3O2. The van der Waals surface area contributed by atoms with Gasteiger partial charge in [-0.1, -0.05) is 64.5 Å². The Balaban J connectivity index is 1.32. The third-order valence-corrected chi connectivity index (χ3v) is 6.21. The van der Waals surface area contributed by atoms with Gasteiger partial charge >= 0.3 is 6.09 Å². The number of imidazole rings is 1. The van der Waals surface area contributed by atoms with E-state index in [9.17, 15) is 4.79 Å². The van der Waals surface area contributed by atoms with Crippen molar-refractivity contribution in [3.05, 3.63) is 88.8 Å². The first kappa shape index (κ1) is 19.8. The summed E-state index contributed by atoms with van der Waals surface area (Å²) in [5.41, 5.74) is 3.00. The predicted molar refractivity (Wildman–Crippen MR) is 125 cm³/mol. The number of H-pyrrole nitrogens is 1. The second-order valence-electron chi connectivity index (χ2n) is 7.78. The number of nitrogens with one attached hydrogen (secondary N) is 1. The van der Waals surface area contributed by atoms with Crippen molar-refractivity contribution < 1.29 is 9.53 Å². The average molecular weight is 476 g/mol. The van der Waals surface area contributed by atoms with Gasteiger partial charge in [-0.25, -0.2) is 9.78 Å². The van der Waals surface area contributed by atoms with Gasteiger partial charge in [-0.15, -0.1) is 0 Å². The average Bonchev–Trinajstić information content (AvgIpc) is 3.47. The first-order valence-electron chi connectivity index (χ1n) is 10.4. The van der Waals surface area contributed by atoms with E-state index in [-0.39, 0.29) is 18.7 Å². The molecule has 0 bridgehead atoms. The molecule has 1 aliphatic heterocycles. The minimum Gasteiger partial charge on any atom is -0.445 e. The van der Waals surface area contributed by atoms with Crippen LogP contribution in [0.3, 0.4) is 0 Å². The number of hydrogen-bond donors (Lipinski definition) is 1. The maximum atomic E-state index is 12.7. The number of carbonyl (C=O) groups is 1. The number of benzene rings is 3. The van der Waals surface area contributed by atoms with Crippen LogP contribution in [0.25, 0.3) is 22.0 Å². The van der Waals surface area contributed by atoms with Gasteiger partial charge in [0.25, 0.3) is 0 Å². The summed E-state index contributed by atoms with van der Waals surface area (Å²) in [6, 6.07) is 22.3. The van der Waals surface area contributed by atoms with Crippen molar-refractivity contribution in [3.63, 3.8) is 0 Å². The van der Waals surface area contributed by atoms with Crippen LogP contribution in [0.5, 0.6) is 0 Å². The summed E-state index contributed by atoms with van der Waals surface area (Å²) in [6.07, 6.45) is 3.37. The molecule has 5 rings (SSSR count). The molecule has 1 amide bonds. The second-order valence-corrected chi connectivity index (χ2v) is 8.70. The van der Waals surface area contributed by atoms with E-state index >= 15 is 0 Å². The van der Waals surface area contributed by atoms with Crippen LogP contribution in [0.4, 0.5) is 4.79 Å². The van der Waals surface area contributed by atoms with Gasteiger partial charge in [0.15, 0.2) is 0 Å². The number of ether oxygens (including phenoxy) is 1. The SMILES string of the molecule is O=C(OCc1ccccc1)N1CCC[C@H]1c1ncc(-c2ccc3cc(Br)ccc3c2)[nH]1. The Labute approximate surface area is 189 Å². The van der Waals surface area contributed by atoms with Gasteiger partial charge < -0.3 is 9.72 Å². The van der Waals surface area contributed by atoms with Crippen LogP contribution < -0.4 is 0 Å². The largest absolute Gasteiger partial charge is 0.445 e. The Morgan fingerprint density at radius 1 is 1.10 bits per heavy atom. The van der Waals surface area contributed by atoms with Crippen LogP contribution in [0.15, 0.2) is 77.4 Å². The summed E-state index contributed by atoms with van der Waals surface area (Å²) in [6.45, 7) is 0.957. The number of aromatic nitrogens is 2. The maximum Gasteiger partial charge on any atom is 0.410 e. The first-order chi connectivity index (χ1) is 15.2. The fourth-order valence-corrected chi connectivity index (χ4v) is 4.49. The number of carbonyl (C=O) groups excluding carboxylic acids is 1. The van der Waals surface area contributed by atoms with Gasteiger partial charge in [-0.3, -0.25) is 4.90 Å². The van der Waals surface area contributed by atoms with E-state index in [1.54, 1.807) is 4.90 Å². The molecule has 1 fully saturated rings. The van der Waals surface area contributed by atoms with Crippen molar-refractivity contribution in [3.8, 4) is 11.3 Å². The van der Waals surface area contributed by atoms with Crippen molar-refractivity contribution in [2.45, 2.75) is 25.5 Å². The lowest BCUT2D eigenvalue weighted by Crippen LogP contribution is -2.31. The lowest BCUT2D eigenvalue weighted by Gasteiger charge is -2.22. The number of amides is 1. The Hall–Kier alpha value is -3.12. The highest BCUT2D eigenvalue weighted by molar-refractivity contribution is 9.10. The number of rotatable bonds is 4. The molecule has 3 aromatic carbocycles. The second kappa shape index (κ2) is 8.55. The van der Waals surface area contributed by atoms with Crippen molar-refractivity contribution in [2.24, 2.45) is 0 Å². The molecule has 1 N–H and O–H groups in total. The van der Waals surface area contributed by atoms with E-state index in [1.165, 1.54) is 10.8 Å². The van der Waals surface area contributed by atoms with E-state index in [0.717, 1.165) is 40.0 Å². The Morgan fingerprint density at radius 2 is 1.90 bits per heavy atom. The van der Waals surface area contributed by atoms with E-state index in [1.807, 2.05) is 42.6 Å². The standard InChI is InChI=1S/C25H22BrN3O2/c26-21-11-10-18-13-20(9-8-19(18)14-21)22-15-27-24(28-22)23-7-4-12-29(23)25(30)31-16-17-5-2-1-3-6-17/h1-3,5-6,8-11,13-15,23H,4,7,12,16H2,(H,27,28)/t23-/m0/s1. The summed E-state index contributed by atoms with van der Waals surface area (Å²) in [7, 11) is 0. The Morgan fingerprint density at radius 3 is 2.77 bits per heavy atom. The topological polar surface area (TPSA) is 58.2 Å². The van der Waals surface area contributed by atoms with Gasteiger partial charge in [0.05, 0.1) is 17.9 Å². The summed E-state index contributed by atoms with van der Waals surface area (Å²) in [4.78, 5) is 22.5. The van der Waals surface area contributed by atoms with Gasteiger partial charge in [0.2, 0.25) is 0 Å². The van der Waals surface area contributed by atoms with Gasteiger partial charge in [0, 0.05) is 16.6 Å². The predicted octanol–water partition coefficient (Wildman–Crippen LogP) is 6.47. The van der Waals surface area contributed by atoms with Crippen LogP contribution in [-0.2, 0) is 11.3 Å². The number of halogens is 1. The van der Waals surface area contributed by atoms with Crippen molar-refractivity contribution in [1.29, 1.82) is 0 Å². The molecule has 6 heteroatoms. The zero-order valence-electron chi connectivity index (χ0n) is 16.9. The molecule has 31 heavy (non-hydrogen) atoms. The van der Waals surface area contributed by atoms with Crippen LogP contribution in [-0.4, -0.2) is 27.5 Å². The van der Waals surface area contributed by atoms with E-state index < -0.39 is 0 Å². The summed E-state index contributed by atoms with van der Waals surface area (Å²) >= 11 is 3.52. The zero-order valence-corrected chi connectivity index (χ0v) is 18.5. The smallest absolute Gasteiger partial charge is 0.410 e. The monoisotopic (exact) mass is 475 g/mol. The van der Waals surface area contributed by atoms with Gasteiger partial charge in [-0.05, 0) is 47.4 Å². The molecule has 1 saturated heterocycles. The molecule has 0 radical (unpaired) electrons. The van der Waals surface area contributed by atoms with E-state index in [0.29, 0.717) is 6.54 Å². The molecule has 5 nitrogen and oxygen atoms in total. The fraction of sp³-hybridized carbons (Fsp3) is 0.200. The molecular weight excluding hydrogens is 454 g/mol. The van der Waals surface area contributed by atoms with Crippen LogP contribution in [0, 0.1) is 0 Å². The fourth-order valence-electron chi connectivity index (χ4n) is 4.11. The van der Waals surface area contributed by atoms with Crippen molar-refractivity contribution in [1.82, 2.24) is 14.9 Å². The molecule has 2 heterocycles. The lowest BCUT2D eigenvalue weighted by atomic mass is 10.1. The molecule has 1 aromatic heterocycles. The molecule has 0 aliphatic carbocycles. The highest BCUT2D eigenvalue weighted by Crippen LogP contribution is 2.33. The number of hydrogen-bond acceptors (Lipinski definition) is 3.